The molecule has 21 heavy (non-hydrogen) atoms. The van der Waals surface area contributed by atoms with Gasteiger partial charge in [0.1, 0.15) is 5.82 Å². The van der Waals surface area contributed by atoms with E-state index < -0.39 is 0 Å². The van der Waals surface area contributed by atoms with Crippen molar-refractivity contribution in [1.82, 2.24) is 9.88 Å². The van der Waals surface area contributed by atoms with E-state index in [1.54, 1.807) is 18.3 Å². The van der Waals surface area contributed by atoms with E-state index in [2.05, 4.69) is 9.88 Å². The van der Waals surface area contributed by atoms with E-state index >= 15 is 0 Å². The Morgan fingerprint density at radius 2 is 2.19 bits per heavy atom. The van der Waals surface area contributed by atoms with Gasteiger partial charge in [0.15, 0.2) is 0 Å². The lowest BCUT2D eigenvalue weighted by Gasteiger charge is -2.16. The second kappa shape index (κ2) is 6.78. The largest absolute Gasteiger partial charge is 0.371 e. The first kappa shape index (κ1) is 14.2. The summed E-state index contributed by atoms with van der Waals surface area (Å²) in [4.78, 5) is 6.56. The maximum Gasteiger partial charge on any atom is 0.123 e. The molecule has 3 rings (SSSR count). The summed E-state index contributed by atoms with van der Waals surface area (Å²) in [5, 5.41) is 0. The van der Waals surface area contributed by atoms with Gasteiger partial charge in [0.25, 0.3) is 0 Å². The molecular weight excluding hydrogens is 267 g/mol. The molecule has 1 fully saturated rings. The Labute approximate surface area is 124 Å². The maximum atomic E-state index is 13.2. The highest BCUT2D eigenvalue weighted by Gasteiger charge is 2.23. The number of hydrogen-bond donors (Lipinski definition) is 0. The van der Waals surface area contributed by atoms with Gasteiger partial charge < -0.3 is 4.74 Å². The minimum atomic E-state index is -0.172. The molecule has 2 aromatic rings. The molecule has 0 spiro atoms. The molecule has 0 radical (unpaired) electrons. The Bertz CT molecular complexity index is 576. The number of likely N-dealkylation sites (tertiary alicyclic amines) is 1. The van der Waals surface area contributed by atoms with Crippen LogP contribution in [-0.2, 0) is 17.9 Å². The third-order valence-electron chi connectivity index (χ3n) is 3.72. The molecule has 1 atom stereocenters. The molecule has 3 nitrogen and oxygen atoms in total. The third-order valence-corrected chi connectivity index (χ3v) is 3.72. The van der Waals surface area contributed by atoms with Crippen molar-refractivity contribution in [2.75, 3.05) is 13.1 Å². The molecule has 0 N–H and O–H groups in total. The number of nitrogens with zero attached hydrogens (tertiary/aromatic N) is 2. The van der Waals surface area contributed by atoms with Crippen molar-refractivity contribution < 1.29 is 9.13 Å². The lowest BCUT2D eigenvalue weighted by molar-refractivity contribution is 0.0443. The molecular formula is C17H19FN2O. The summed E-state index contributed by atoms with van der Waals surface area (Å²) in [5.41, 5.74) is 1.97. The van der Waals surface area contributed by atoms with Gasteiger partial charge in [-0.3, -0.25) is 9.88 Å². The first-order valence-electron chi connectivity index (χ1n) is 7.28. The van der Waals surface area contributed by atoms with Crippen LogP contribution in [0, 0.1) is 5.82 Å². The predicted molar refractivity (Wildman–Crippen MR) is 79.1 cm³/mol. The van der Waals surface area contributed by atoms with Crippen LogP contribution in [0.25, 0.3) is 0 Å². The van der Waals surface area contributed by atoms with Gasteiger partial charge in [-0.15, -0.1) is 0 Å². The SMILES string of the molecule is Fc1cccc(CN2CC[C@H](OCc3ccccn3)C2)c1. The van der Waals surface area contributed by atoms with Crippen molar-refractivity contribution in [3.05, 3.63) is 65.7 Å². The minimum Gasteiger partial charge on any atom is -0.371 e. The second-order valence-corrected chi connectivity index (χ2v) is 5.41. The van der Waals surface area contributed by atoms with Gasteiger partial charge in [0, 0.05) is 25.8 Å². The number of rotatable bonds is 5. The Hall–Kier alpha value is -1.78. The highest BCUT2D eigenvalue weighted by atomic mass is 19.1. The van der Waals surface area contributed by atoms with Gasteiger partial charge in [-0.1, -0.05) is 18.2 Å². The van der Waals surface area contributed by atoms with E-state index in [9.17, 15) is 4.39 Å². The van der Waals surface area contributed by atoms with Crippen molar-refractivity contribution >= 4 is 0 Å². The van der Waals surface area contributed by atoms with Crippen LogP contribution in [0.1, 0.15) is 17.7 Å². The molecule has 1 aliphatic heterocycles. The summed E-state index contributed by atoms with van der Waals surface area (Å²) in [6.07, 6.45) is 3.03. The van der Waals surface area contributed by atoms with E-state index in [-0.39, 0.29) is 11.9 Å². The number of pyridine rings is 1. The molecule has 0 saturated carbocycles. The molecule has 1 aliphatic rings. The lowest BCUT2D eigenvalue weighted by Crippen LogP contribution is -2.23. The Balaban J connectivity index is 1.47. The van der Waals surface area contributed by atoms with Crippen LogP contribution in [0.4, 0.5) is 4.39 Å². The van der Waals surface area contributed by atoms with E-state index in [0.29, 0.717) is 6.61 Å². The fraction of sp³-hybridized carbons (Fsp3) is 0.353. The van der Waals surface area contributed by atoms with Crippen molar-refractivity contribution in [2.45, 2.75) is 25.7 Å². The van der Waals surface area contributed by atoms with Gasteiger partial charge in [-0.2, -0.15) is 0 Å². The first-order chi connectivity index (χ1) is 10.3. The summed E-state index contributed by atoms with van der Waals surface area (Å²) in [5.74, 6) is -0.172. The number of hydrogen-bond acceptors (Lipinski definition) is 3. The zero-order valence-corrected chi connectivity index (χ0v) is 11.9. The molecule has 1 aromatic heterocycles. The predicted octanol–water partition coefficient (Wildman–Crippen LogP) is 3.01. The molecule has 110 valence electrons. The number of benzene rings is 1. The van der Waals surface area contributed by atoms with Crippen molar-refractivity contribution in [3.63, 3.8) is 0 Å². The fourth-order valence-corrected chi connectivity index (χ4v) is 2.66. The standard InChI is InChI=1S/C17H19FN2O/c18-15-5-3-4-14(10-15)11-20-9-7-17(12-20)21-13-16-6-1-2-8-19-16/h1-6,8,10,17H,7,9,11-13H2/t17-/m0/s1. The van der Waals surface area contributed by atoms with Crippen molar-refractivity contribution in [1.29, 1.82) is 0 Å². The molecule has 0 bridgehead atoms. The van der Waals surface area contributed by atoms with Crippen molar-refractivity contribution in [3.8, 4) is 0 Å². The Morgan fingerprint density at radius 1 is 1.24 bits per heavy atom. The van der Waals surface area contributed by atoms with Gasteiger partial charge in [-0.05, 0) is 36.2 Å². The van der Waals surface area contributed by atoms with Crippen molar-refractivity contribution in [2.24, 2.45) is 0 Å². The summed E-state index contributed by atoms with van der Waals surface area (Å²) in [6.45, 7) is 3.22. The highest BCUT2D eigenvalue weighted by Crippen LogP contribution is 2.17. The molecule has 0 amide bonds. The molecule has 4 heteroatoms. The first-order valence-corrected chi connectivity index (χ1v) is 7.28. The van der Waals surface area contributed by atoms with E-state index in [1.807, 2.05) is 24.3 Å². The second-order valence-electron chi connectivity index (χ2n) is 5.41. The van der Waals surface area contributed by atoms with Gasteiger partial charge >= 0.3 is 0 Å². The van der Waals surface area contributed by atoms with E-state index in [4.69, 9.17) is 4.74 Å². The molecule has 0 aliphatic carbocycles. The zero-order valence-electron chi connectivity index (χ0n) is 11.9. The fourth-order valence-electron chi connectivity index (χ4n) is 2.66. The third kappa shape index (κ3) is 4.09. The topological polar surface area (TPSA) is 25.4 Å². The maximum absolute atomic E-state index is 13.2. The number of aromatic nitrogens is 1. The summed E-state index contributed by atoms with van der Waals surface area (Å²) >= 11 is 0. The smallest absolute Gasteiger partial charge is 0.123 e. The van der Waals surface area contributed by atoms with Crippen LogP contribution >= 0.6 is 0 Å². The summed E-state index contributed by atoms with van der Waals surface area (Å²) in [7, 11) is 0. The molecule has 1 aromatic carbocycles. The highest BCUT2D eigenvalue weighted by molar-refractivity contribution is 5.16. The minimum absolute atomic E-state index is 0.172. The average molecular weight is 286 g/mol. The van der Waals surface area contributed by atoms with Gasteiger partial charge in [0.05, 0.1) is 18.4 Å². The zero-order chi connectivity index (χ0) is 14.5. The summed E-state index contributed by atoms with van der Waals surface area (Å²) in [6, 6.07) is 12.6. The van der Waals surface area contributed by atoms with Crippen LogP contribution in [0.3, 0.4) is 0 Å². The lowest BCUT2D eigenvalue weighted by atomic mass is 10.2. The normalized spacial score (nSPS) is 19.0. The Morgan fingerprint density at radius 3 is 3.00 bits per heavy atom. The number of halogens is 1. The molecule has 1 saturated heterocycles. The number of ether oxygens (including phenoxy) is 1. The molecule has 0 unspecified atom stereocenters. The van der Waals surface area contributed by atoms with Gasteiger partial charge in [0.2, 0.25) is 0 Å². The van der Waals surface area contributed by atoms with Crippen LogP contribution in [-0.4, -0.2) is 29.1 Å². The van der Waals surface area contributed by atoms with E-state index in [1.165, 1.54) is 6.07 Å². The molecule has 2 heterocycles. The van der Waals surface area contributed by atoms with Gasteiger partial charge in [-0.25, -0.2) is 4.39 Å². The average Bonchev–Trinajstić information content (AvgIpc) is 2.94. The Kier molecular flexibility index (Phi) is 4.58. The quantitative estimate of drug-likeness (QED) is 0.845. The van der Waals surface area contributed by atoms with Crippen LogP contribution < -0.4 is 0 Å². The van der Waals surface area contributed by atoms with E-state index in [0.717, 1.165) is 37.3 Å². The monoisotopic (exact) mass is 286 g/mol. The summed E-state index contributed by atoms with van der Waals surface area (Å²) < 4.78 is 19.1. The van der Waals surface area contributed by atoms with Crippen LogP contribution in [0.2, 0.25) is 0 Å². The van der Waals surface area contributed by atoms with Crippen LogP contribution in [0.5, 0.6) is 0 Å². The van der Waals surface area contributed by atoms with Crippen LogP contribution in [0.15, 0.2) is 48.7 Å².